The molecule has 0 N–H and O–H groups in total. The van der Waals surface area contributed by atoms with Crippen LogP contribution in [0.2, 0.25) is 0 Å². The Morgan fingerprint density at radius 2 is 0.955 bits per heavy atom. The van der Waals surface area contributed by atoms with Gasteiger partial charge in [-0.2, -0.15) is 0 Å². The van der Waals surface area contributed by atoms with Crippen molar-refractivity contribution in [1.82, 2.24) is 14.1 Å². The van der Waals surface area contributed by atoms with Gasteiger partial charge in [-0.05, 0) is 65.2 Å². The Labute approximate surface area is 254 Å². The van der Waals surface area contributed by atoms with Gasteiger partial charge in [0.2, 0.25) is 0 Å². The second kappa shape index (κ2) is 9.82. The number of pyridine rings is 1. The van der Waals surface area contributed by atoms with Crippen LogP contribution in [0.25, 0.3) is 77.4 Å². The predicted octanol–water partition coefficient (Wildman–Crippen LogP) is 10.6. The average Bonchev–Trinajstić information content (AvgIpc) is 3.62. The normalized spacial score (nSPS) is 11.6. The summed E-state index contributed by atoms with van der Waals surface area (Å²) >= 11 is 0. The first-order valence-electron chi connectivity index (χ1n) is 15.0. The van der Waals surface area contributed by atoms with E-state index in [1.54, 1.807) is 0 Å². The first-order valence-corrected chi connectivity index (χ1v) is 15.0. The van der Waals surface area contributed by atoms with Gasteiger partial charge in [-0.25, -0.2) is 0 Å². The fourth-order valence-electron chi connectivity index (χ4n) is 6.79. The molecule has 9 aromatic rings. The van der Waals surface area contributed by atoms with Crippen LogP contribution >= 0.6 is 0 Å². The molecule has 0 aliphatic carbocycles. The molecule has 0 saturated heterocycles. The van der Waals surface area contributed by atoms with Gasteiger partial charge in [0.1, 0.15) is 0 Å². The Morgan fingerprint density at radius 1 is 0.386 bits per heavy atom. The zero-order chi connectivity index (χ0) is 29.0. The van der Waals surface area contributed by atoms with Crippen molar-refractivity contribution < 1.29 is 0 Å². The summed E-state index contributed by atoms with van der Waals surface area (Å²) in [6, 6.07) is 56.4. The summed E-state index contributed by atoms with van der Waals surface area (Å²) in [4.78, 5) is 4.91. The summed E-state index contributed by atoms with van der Waals surface area (Å²) in [6.45, 7) is 0. The molecule has 3 aromatic heterocycles. The number of hydrogen-bond donors (Lipinski definition) is 0. The van der Waals surface area contributed by atoms with Crippen LogP contribution in [0.3, 0.4) is 0 Å². The van der Waals surface area contributed by atoms with Gasteiger partial charge in [-0.15, -0.1) is 0 Å². The molecular weight excluding hydrogens is 534 g/mol. The summed E-state index contributed by atoms with van der Waals surface area (Å²) in [5.41, 5.74) is 12.7. The molecule has 0 amide bonds. The topological polar surface area (TPSA) is 22.8 Å². The first-order chi connectivity index (χ1) is 21.8. The molecule has 0 atom stereocenters. The van der Waals surface area contributed by atoms with Crippen molar-refractivity contribution in [1.29, 1.82) is 0 Å². The third-order valence-corrected chi connectivity index (χ3v) is 8.78. The van der Waals surface area contributed by atoms with Crippen LogP contribution in [-0.4, -0.2) is 14.1 Å². The fourth-order valence-corrected chi connectivity index (χ4v) is 6.79. The molecule has 44 heavy (non-hydrogen) atoms. The molecule has 3 heterocycles. The SMILES string of the molecule is c1ccc(-c2ccc(-n3c4ccccc4c4ccc(-c5ccnc6c7ccccc7n(-c7ccccc7)c56)cc43)cc2)cc1. The van der Waals surface area contributed by atoms with E-state index in [9.17, 15) is 0 Å². The maximum atomic E-state index is 4.91. The summed E-state index contributed by atoms with van der Waals surface area (Å²) in [5, 5.41) is 3.65. The molecule has 0 unspecified atom stereocenters. The molecule has 0 aliphatic rings. The van der Waals surface area contributed by atoms with Crippen LogP contribution in [0.1, 0.15) is 0 Å². The Kier molecular flexibility index (Phi) is 5.50. The van der Waals surface area contributed by atoms with E-state index in [1.807, 2.05) is 6.20 Å². The molecule has 3 nitrogen and oxygen atoms in total. The summed E-state index contributed by atoms with van der Waals surface area (Å²) in [5.74, 6) is 0. The average molecular weight is 562 g/mol. The second-order valence-electron chi connectivity index (χ2n) is 11.2. The van der Waals surface area contributed by atoms with Gasteiger partial charge in [0.15, 0.2) is 0 Å². The molecule has 0 aliphatic heterocycles. The Hall–Kier alpha value is -5.93. The number of fused-ring (bicyclic) bond motifs is 6. The first kappa shape index (κ1) is 24.6. The van der Waals surface area contributed by atoms with Crippen molar-refractivity contribution in [2.45, 2.75) is 0 Å². The van der Waals surface area contributed by atoms with E-state index in [4.69, 9.17) is 4.98 Å². The molecule has 0 saturated carbocycles. The van der Waals surface area contributed by atoms with E-state index in [0.29, 0.717) is 0 Å². The maximum absolute atomic E-state index is 4.91. The van der Waals surface area contributed by atoms with Crippen molar-refractivity contribution in [3.05, 3.63) is 164 Å². The van der Waals surface area contributed by atoms with Crippen molar-refractivity contribution in [2.24, 2.45) is 0 Å². The van der Waals surface area contributed by atoms with E-state index in [-0.39, 0.29) is 0 Å². The maximum Gasteiger partial charge on any atom is 0.0969 e. The van der Waals surface area contributed by atoms with E-state index in [0.717, 1.165) is 44.4 Å². The van der Waals surface area contributed by atoms with Gasteiger partial charge >= 0.3 is 0 Å². The van der Waals surface area contributed by atoms with Gasteiger partial charge in [0.25, 0.3) is 0 Å². The highest BCUT2D eigenvalue weighted by atomic mass is 15.0. The molecule has 0 fully saturated rings. The minimum Gasteiger partial charge on any atom is -0.309 e. The van der Waals surface area contributed by atoms with Gasteiger partial charge in [-0.1, -0.05) is 109 Å². The van der Waals surface area contributed by atoms with Crippen LogP contribution in [0.15, 0.2) is 164 Å². The lowest BCUT2D eigenvalue weighted by molar-refractivity contribution is 1.17. The third kappa shape index (κ3) is 3.73. The minimum atomic E-state index is 1.01. The van der Waals surface area contributed by atoms with Crippen LogP contribution in [0.5, 0.6) is 0 Å². The Morgan fingerprint density at radius 3 is 1.73 bits per heavy atom. The smallest absolute Gasteiger partial charge is 0.0969 e. The van der Waals surface area contributed by atoms with E-state index in [2.05, 4.69) is 167 Å². The summed E-state index contributed by atoms with van der Waals surface area (Å²) in [6.07, 6.45) is 1.95. The number of aromatic nitrogens is 3. The van der Waals surface area contributed by atoms with Crippen LogP contribution < -0.4 is 0 Å². The number of para-hydroxylation sites is 3. The molecule has 9 rings (SSSR count). The number of benzene rings is 6. The minimum absolute atomic E-state index is 1.01. The summed E-state index contributed by atoms with van der Waals surface area (Å²) < 4.78 is 4.75. The predicted molar refractivity (Wildman–Crippen MR) is 184 cm³/mol. The van der Waals surface area contributed by atoms with Crippen molar-refractivity contribution >= 4 is 43.7 Å². The van der Waals surface area contributed by atoms with Gasteiger partial charge in [0.05, 0.1) is 27.6 Å². The Bertz CT molecular complexity index is 2470. The quantitative estimate of drug-likeness (QED) is 0.210. The molecule has 0 bridgehead atoms. The highest BCUT2D eigenvalue weighted by Gasteiger charge is 2.19. The largest absolute Gasteiger partial charge is 0.309 e. The van der Waals surface area contributed by atoms with Gasteiger partial charge < -0.3 is 9.13 Å². The number of hydrogen-bond acceptors (Lipinski definition) is 1. The van der Waals surface area contributed by atoms with Crippen LogP contribution in [-0.2, 0) is 0 Å². The third-order valence-electron chi connectivity index (χ3n) is 8.78. The zero-order valence-corrected chi connectivity index (χ0v) is 23.9. The standard InChI is InChI=1S/C41H27N3/c1-3-11-28(12-4-1)29-19-22-32(23-20-29)43-37-17-9-7-15-34(37)35-24-21-30(27-39(35)43)33-25-26-42-40-36-16-8-10-18-38(36)44(41(33)40)31-13-5-2-6-14-31/h1-27H. The monoisotopic (exact) mass is 561 g/mol. The molecular formula is C41H27N3. The molecule has 3 heteroatoms. The highest BCUT2D eigenvalue weighted by molar-refractivity contribution is 6.14. The zero-order valence-electron chi connectivity index (χ0n) is 23.9. The molecule has 206 valence electrons. The van der Waals surface area contributed by atoms with E-state index >= 15 is 0 Å². The van der Waals surface area contributed by atoms with Crippen LogP contribution in [0.4, 0.5) is 0 Å². The Balaban J connectivity index is 1.30. The van der Waals surface area contributed by atoms with Gasteiger partial charge in [0, 0.05) is 39.3 Å². The highest BCUT2D eigenvalue weighted by Crippen LogP contribution is 2.40. The van der Waals surface area contributed by atoms with Gasteiger partial charge in [-0.3, -0.25) is 4.98 Å². The number of rotatable bonds is 4. The molecule has 0 spiro atoms. The van der Waals surface area contributed by atoms with E-state index in [1.165, 1.54) is 32.9 Å². The molecule has 6 aromatic carbocycles. The lowest BCUT2D eigenvalue weighted by atomic mass is 10.0. The number of nitrogens with zero attached hydrogens (tertiary/aromatic N) is 3. The van der Waals surface area contributed by atoms with Crippen molar-refractivity contribution in [3.8, 4) is 33.6 Å². The summed E-state index contributed by atoms with van der Waals surface area (Å²) in [7, 11) is 0. The van der Waals surface area contributed by atoms with Crippen molar-refractivity contribution in [2.75, 3.05) is 0 Å². The molecule has 0 radical (unpaired) electrons. The second-order valence-corrected chi connectivity index (χ2v) is 11.2. The van der Waals surface area contributed by atoms with Crippen molar-refractivity contribution in [3.63, 3.8) is 0 Å². The van der Waals surface area contributed by atoms with Crippen LogP contribution in [0, 0.1) is 0 Å². The van der Waals surface area contributed by atoms with E-state index < -0.39 is 0 Å². The fraction of sp³-hybridized carbons (Fsp3) is 0. The lowest BCUT2D eigenvalue weighted by Gasteiger charge is -2.13. The lowest BCUT2D eigenvalue weighted by Crippen LogP contribution is -1.96.